The summed E-state index contributed by atoms with van der Waals surface area (Å²) in [7, 11) is -3.44. The van der Waals surface area contributed by atoms with Gasteiger partial charge < -0.3 is 4.90 Å². The molecule has 21 heavy (non-hydrogen) atoms. The van der Waals surface area contributed by atoms with Gasteiger partial charge in [0.25, 0.3) is 10.0 Å². The fourth-order valence-corrected chi connectivity index (χ4v) is 5.71. The lowest BCUT2D eigenvalue weighted by molar-refractivity contribution is -0.132. The normalized spacial score (nSPS) is 16.9. The first-order chi connectivity index (χ1) is 9.95. The number of allylic oxidation sites excluding steroid dienone is 1. The van der Waals surface area contributed by atoms with Crippen molar-refractivity contribution in [1.82, 2.24) is 9.21 Å². The van der Waals surface area contributed by atoms with Crippen LogP contribution in [0.3, 0.4) is 0 Å². The number of carbonyl (C=O) groups excluding carboxylic acids is 1. The molecule has 0 bridgehead atoms. The van der Waals surface area contributed by atoms with Crippen molar-refractivity contribution in [3.05, 3.63) is 28.6 Å². The molecule has 0 spiro atoms. The number of hydrogen-bond donors (Lipinski definition) is 0. The zero-order valence-electron chi connectivity index (χ0n) is 11.5. The molecule has 1 aliphatic rings. The van der Waals surface area contributed by atoms with Crippen LogP contribution >= 0.6 is 27.3 Å². The second kappa shape index (κ2) is 7.04. The molecule has 1 aromatic heterocycles. The summed E-state index contributed by atoms with van der Waals surface area (Å²) in [6.07, 6.45) is 2.81. The summed E-state index contributed by atoms with van der Waals surface area (Å²) in [6.45, 7) is 5.18. The average Bonchev–Trinajstić information content (AvgIpc) is 2.92. The largest absolute Gasteiger partial charge is 0.340 e. The van der Waals surface area contributed by atoms with Crippen LogP contribution in [0.25, 0.3) is 0 Å². The van der Waals surface area contributed by atoms with Gasteiger partial charge in [0.1, 0.15) is 4.21 Å². The van der Waals surface area contributed by atoms with Crippen molar-refractivity contribution in [2.24, 2.45) is 0 Å². The molecule has 0 atom stereocenters. The number of thiophene rings is 1. The van der Waals surface area contributed by atoms with Gasteiger partial charge in [0, 0.05) is 32.6 Å². The maximum absolute atomic E-state index is 12.4. The van der Waals surface area contributed by atoms with E-state index in [1.165, 1.54) is 15.6 Å². The van der Waals surface area contributed by atoms with E-state index in [2.05, 4.69) is 22.5 Å². The fraction of sp³-hybridized carbons (Fsp3) is 0.462. The van der Waals surface area contributed by atoms with Crippen molar-refractivity contribution in [2.75, 3.05) is 26.2 Å². The van der Waals surface area contributed by atoms with Crippen LogP contribution in [0.2, 0.25) is 0 Å². The quantitative estimate of drug-likeness (QED) is 0.722. The summed E-state index contributed by atoms with van der Waals surface area (Å²) in [5.74, 6) is 0.0609. The van der Waals surface area contributed by atoms with Crippen LogP contribution in [0.15, 0.2) is 32.8 Å². The molecule has 0 radical (unpaired) electrons. The molecular formula is C13H17BrN2O3S2. The van der Waals surface area contributed by atoms with Crippen molar-refractivity contribution >= 4 is 43.2 Å². The van der Waals surface area contributed by atoms with E-state index >= 15 is 0 Å². The highest BCUT2D eigenvalue weighted by Crippen LogP contribution is 2.28. The molecule has 5 nitrogen and oxygen atoms in total. The standard InChI is InChI=1S/C13H17BrN2O3S2/c1-2-3-4-12(17)15-7-9-16(10-8-15)21(18,19)13-6-5-11(14)20-13/h2,5-6H,1,3-4,7-10H2. The Morgan fingerprint density at radius 1 is 1.33 bits per heavy atom. The van der Waals surface area contributed by atoms with Gasteiger partial charge in [0.2, 0.25) is 5.91 Å². The molecular weight excluding hydrogens is 376 g/mol. The summed E-state index contributed by atoms with van der Waals surface area (Å²) in [4.78, 5) is 13.6. The molecule has 0 aliphatic carbocycles. The number of sulfonamides is 1. The maximum atomic E-state index is 12.4. The topological polar surface area (TPSA) is 57.7 Å². The Morgan fingerprint density at radius 2 is 2.00 bits per heavy atom. The molecule has 0 saturated carbocycles. The number of hydrogen-bond acceptors (Lipinski definition) is 4. The van der Waals surface area contributed by atoms with Crippen LogP contribution in [0.4, 0.5) is 0 Å². The first-order valence-corrected chi connectivity index (χ1v) is 9.64. The third kappa shape index (κ3) is 3.94. The van der Waals surface area contributed by atoms with E-state index < -0.39 is 10.0 Å². The minimum Gasteiger partial charge on any atom is -0.340 e. The Bertz CT molecular complexity index is 619. The summed E-state index contributed by atoms with van der Waals surface area (Å²) >= 11 is 4.48. The fourth-order valence-electron chi connectivity index (χ4n) is 2.13. The van der Waals surface area contributed by atoms with E-state index in [0.29, 0.717) is 43.2 Å². The van der Waals surface area contributed by atoms with E-state index in [1.54, 1.807) is 23.1 Å². The molecule has 1 saturated heterocycles. The van der Waals surface area contributed by atoms with Gasteiger partial charge in [0.05, 0.1) is 3.79 Å². The zero-order chi connectivity index (χ0) is 15.5. The molecule has 1 fully saturated rings. The second-order valence-electron chi connectivity index (χ2n) is 4.67. The van der Waals surface area contributed by atoms with Crippen LogP contribution in [-0.4, -0.2) is 49.7 Å². The number of nitrogens with zero attached hydrogens (tertiary/aromatic N) is 2. The first kappa shape index (κ1) is 16.7. The smallest absolute Gasteiger partial charge is 0.252 e. The van der Waals surface area contributed by atoms with E-state index in [1.807, 2.05) is 0 Å². The molecule has 0 unspecified atom stereocenters. The lowest BCUT2D eigenvalue weighted by Crippen LogP contribution is -2.50. The van der Waals surface area contributed by atoms with E-state index in [9.17, 15) is 13.2 Å². The monoisotopic (exact) mass is 392 g/mol. The highest BCUT2D eigenvalue weighted by Gasteiger charge is 2.30. The lowest BCUT2D eigenvalue weighted by Gasteiger charge is -2.33. The maximum Gasteiger partial charge on any atom is 0.252 e. The minimum atomic E-state index is -3.44. The van der Waals surface area contributed by atoms with Gasteiger partial charge in [-0.05, 0) is 34.5 Å². The summed E-state index contributed by atoms with van der Waals surface area (Å²) in [5, 5.41) is 0. The minimum absolute atomic E-state index is 0.0609. The Morgan fingerprint density at radius 3 is 2.52 bits per heavy atom. The summed E-state index contributed by atoms with van der Waals surface area (Å²) < 4.78 is 27.5. The number of carbonyl (C=O) groups is 1. The van der Waals surface area contributed by atoms with Crippen molar-refractivity contribution in [2.45, 2.75) is 17.1 Å². The van der Waals surface area contributed by atoms with Gasteiger partial charge in [-0.1, -0.05) is 6.08 Å². The highest BCUT2D eigenvalue weighted by atomic mass is 79.9. The number of piperazine rings is 1. The Hall–Kier alpha value is -0.700. The van der Waals surface area contributed by atoms with Gasteiger partial charge in [0.15, 0.2) is 0 Å². The van der Waals surface area contributed by atoms with Crippen LogP contribution in [-0.2, 0) is 14.8 Å². The third-order valence-electron chi connectivity index (χ3n) is 3.30. The molecule has 2 rings (SSSR count). The number of halogens is 1. The van der Waals surface area contributed by atoms with Crippen molar-refractivity contribution in [3.8, 4) is 0 Å². The molecule has 0 aromatic carbocycles. The summed E-state index contributed by atoms with van der Waals surface area (Å²) in [6, 6.07) is 3.33. The molecule has 1 aromatic rings. The highest BCUT2D eigenvalue weighted by molar-refractivity contribution is 9.11. The lowest BCUT2D eigenvalue weighted by atomic mass is 10.2. The average molecular weight is 393 g/mol. The Kier molecular flexibility index (Phi) is 5.59. The van der Waals surface area contributed by atoms with Gasteiger partial charge in [-0.2, -0.15) is 4.31 Å². The van der Waals surface area contributed by atoms with Crippen LogP contribution < -0.4 is 0 Å². The molecule has 1 amide bonds. The van der Waals surface area contributed by atoms with Gasteiger partial charge >= 0.3 is 0 Å². The predicted molar refractivity (Wildman–Crippen MR) is 86.8 cm³/mol. The van der Waals surface area contributed by atoms with Crippen LogP contribution in [0.5, 0.6) is 0 Å². The predicted octanol–water partition coefficient (Wildman–Crippen LogP) is 2.31. The third-order valence-corrected chi connectivity index (χ3v) is 7.29. The SMILES string of the molecule is C=CCCC(=O)N1CCN(S(=O)(=O)c2ccc(Br)s2)CC1. The summed E-state index contributed by atoms with van der Waals surface area (Å²) in [5.41, 5.74) is 0. The van der Waals surface area contributed by atoms with Gasteiger partial charge in [-0.25, -0.2) is 8.42 Å². The van der Waals surface area contributed by atoms with E-state index in [4.69, 9.17) is 0 Å². The van der Waals surface area contributed by atoms with Gasteiger partial charge in [-0.15, -0.1) is 17.9 Å². The Balaban J connectivity index is 1.97. The molecule has 2 heterocycles. The van der Waals surface area contributed by atoms with Crippen molar-refractivity contribution in [3.63, 3.8) is 0 Å². The number of amides is 1. The van der Waals surface area contributed by atoms with Crippen LogP contribution in [0.1, 0.15) is 12.8 Å². The van der Waals surface area contributed by atoms with E-state index in [0.717, 1.165) is 3.79 Å². The molecule has 0 N–H and O–H groups in total. The first-order valence-electron chi connectivity index (χ1n) is 6.59. The zero-order valence-corrected chi connectivity index (χ0v) is 14.7. The molecule has 1 aliphatic heterocycles. The molecule has 8 heteroatoms. The van der Waals surface area contributed by atoms with Crippen LogP contribution in [0, 0.1) is 0 Å². The van der Waals surface area contributed by atoms with Gasteiger partial charge in [-0.3, -0.25) is 4.79 Å². The van der Waals surface area contributed by atoms with E-state index in [-0.39, 0.29) is 5.91 Å². The Labute approximate surface area is 137 Å². The second-order valence-corrected chi connectivity index (χ2v) is 9.30. The van der Waals surface area contributed by atoms with Crippen molar-refractivity contribution in [1.29, 1.82) is 0 Å². The molecule has 116 valence electrons. The number of rotatable bonds is 5. The van der Waals surface area contributed by atoms with Crippen molar-refractivity contribution < 1.29 is 13.2 Å².